The summed E-state index contributed by atoms with van der Waals surface area (Å²) in [6, 6.07) is -0.348. The summed E-state index contributed by atoms with van der Waals surface area (Å²) >= 11 is 0. The van der Waals surface area contributed by atoms with Gasteiger partial charge in [0.25, 0.3) is 0 Å². The average molecular weight is 257 g/mol. The molecule has 0 bridgehead atoms. The average Bonchev–Trinajstić information content (AvgIpc) is 2.94. The zero-order valence-corrected chi connectivity index (χ0v) is 11.6. The van der Waals surface area contributed by atoms with Gasteiger partial charge < -0.3 is 14.6 Å². The summed E-state index contributed by atoms with van der Waals surface area (Å²) in [5.74, 6) is 0. The van der Waals surface area contributed by atoms with Crippen LogP contribution in [0.3, 0.4) is 0 Å². The molecule has 0 aromatic heterocycles. The Hall–Kier alpha value is -0.810. The van der Waals surface area contributed by atoms with Crippen molar-refractivity contribution in [1.82, 2.24) is 4.90 Å². The lowest BCUT2D eigenvalue weighted by Gasteiger charge is -2.43. The smallest absolute Gasteiger partial charge is 0.411 e. The molecular formula is C13H23NO4. The van der Waals surface area contributed by atoms with E-state index < -0.39 is 11.2 Å². The molecule has 2 atom stereocenters. The Morgan fingerprint density at radius 1 is 1.39 bits per heavy atom. The van der Waals surface area contributed by atoms with Crippen molar-refractivity contribution < 1.29 is 19.4 Å². The molecule has 1 N–H and O–H groups in total. The quantitative estimate of drug-likeness (QED) is 0.774. The highest BCUT2D eigenvalue weighted by Crippen LogP contribution is 2.42. The van der Waals surface area contributed by atoms with Crippen molar-refractivity contribution in [1.29, 1.82) is 0 Å². The summed E-state index contributed by atoms with van der Waals surface area (Å²) in [7, 11) is 0. The number of carbonyl (C=O) groups excluding carboxylic acids is 1. The molecule has 2 aliphatic rings. The van der Waals surface area contributed by atoms with Crippen LogP contribution in [0.25, 0.3) is 0 Å². The highest BCUT2D eigenvalue weighted by Gasteiger charge is 2.54. The van der Waals surface area contributed by atoms with Crippen LogP contribution in [0.4, 0.5) is 4.79 Å². The van der Waals surface area contributed by atoms with Crippen LogP contribution in [0, 0.1) is 0 Å². The van der Waals surface area contributed by atoms with Crippen LogP contribution in [0.15, 0.2) is 0 Å². The molecule has 0 aromatic carbocycles. The SMILES string of the molecule is CC1COCC(C2(O)CC2)N1C(=O)OC(C)(C)C. The molecule has 0 radical (unpaired) electrons. The van der Waals surface area contributed by atoms with E-state index in [2.05, 4.69) is 0 Å². The van der Waals surface area contributed by atoms with Gasteiger partial charge in [-0.3, -0.25) is 4.90 Å². The minimum Gasteiger partial charge on any atom is -0.444 e. The molecular weight excluding hydrogens is 234 g/mol. The van der Waals surface area contributed by atoms with Crippen LogP contribution in [-0.2, 0) is 9.47 Å². The lowest BCUT2D eigenvalue weighted by molar-refractivity contribution is -0.0958. The predicted molar refractivity (Wildman–Crippen MR) is 66.3 cm³/mol. The maximum atomic E-state index is 12.2. The van der Waals surface area contributed by atoms with Crippen LogP contribution < -0.4 is 0 Å². The third kappa shape index (κ3) is 2.78. The van der Waals surface area contributed by atoms with E-state index in [1.54, 1.807) is 4.90 Å². The van der Waals surface area contributed by atoms with Crippen molar-refractivity contribution in [3.05, 3.63) is 0 Å². The summed E-state index contributed by atoms with van der Waals surface area (Å²) in [4.78, 5) is 13.9. The number of carbonyl (C=O) groups is 1. The number of hydrogen-bond donors (Lipinski definition) is 1. The fourth-order valence-electron chi connectivity index (χ4n) is 2.32. The Kier molecular flexibility index (Phi) is 3.32. The molecule has 5 nitrogen and oxygen atoms in total. The van der Waals surface area contributed by atoms with E-state index in [0.29, 0.717) is 13.2 Å². The summed E-state index contributed by atoms with van der Waals surface area (Å²) in [5.41, 5.74) is -1.29. The highest BCUT2D eigenvalue weighted by molar-refractivity contribution is 5.69. The van der Waals surface area contributed by atoms with Crippen molar-refractivity contribution in [2.24, 2.45) is 0 Å². The van der Waals surface area contributed by atoms with E-state index in [0.717, 1.165) is 12.8 Å². The van der Waals surface area contributed by atoms with Crippen molar-refractivity contribution in [3.63, 3.8) is 0 Å². The molecule has 0 aromatic rings. The van der Waals surface area contributed by atoms with Crippen molar-refractivity contribution >= 4 is 6.09 Å². The topological polar surface area (TPSA) is 59.0 Å². The normalized spacial score (nSPS) is 31.1. The summed E-state index contributed by atoms with van der Waals surface area (Å²) < 4.78 is 10.9. The van der Waals surface area contributed by atoms with Gasteiger partial charge in [-0.15, -0.1) is 0 Å². The molecule has 2 fully saturated rings. The van der Waals surface area contributed by atoms with Gasteiger partial charge in [-0.1, -0.05) is 0 Å². The molecule has 1 saturated heterocycles. The second kappa shape index (κ2) is 4.38. The number of rotatable bonds is 1. The first-order chi connectivity index (χ1) is 8.23. The maximum Gasteiger partial charge on any atom is 0.411 e. The van der Waals surface area contributed by atoms with E-state index in [4.69, 9.17) is 9.47 Å². The zero-order chi connectivity index (χ0) is 13.6. The minimum absolute atomic E-state index is 0.0665. The van der Waals surface area contributed by atoms with E-state index in [-0.39, 0.29) is 18.2 Å². The number of nitrogens with zero attached hydrogens (tertiary/aromatic N) is 1. The third-order valence-corrected chi connectivity index (χ3v) is 3.43. The fourth-order valence-corrected chi connectivity index (χ4v) is 2.32. The molecule has 1 amide bonds. The Bertz CT molecular complexity index is 332. The standard InChI is InChI=1S/C13H23NO4/c1-9-7-17-8-10(13(16)5-6-13)14(9)11(15)18-12(2,3)4/h9-10,16H,5-8H2,1-4H3. The lowest BCUT2D eigenvalue weighted by atomic mass is 10.0. The second-order valence-electron chi connectivity index (χ2n) is 6.39. The summed E-state index contributed by atoms with van der Waals surface area (Å²) in [6.45, 7) is 8.33. The largest absolute Gasteiger partial charge is 0.444 e. The second-order valence-corrected chi connectivity index (χ2v) is 6.39. The molecule has 18 heavy (non-hydrogen) atoms. The van der Waals surface area contributed by atoms with Crippen LogP contribution >= 0.6 is 0 Å². The maximum absolute atomic E-state index is 12.2. The van der Waals surface area contributed by atoms with E-state index in [1.807, 2.05) is 27.7 Å². The van der Waals surface area contributed by atoms with Gasteiger partial charge >= 0.3 is 6.09 Å². The summed E-state index contributed by atoms with van der Waals surface area (Å²) in [6.07, 6.45) is 1.10. The first kappa shape index (κ1) is 13.6. The number of hydrogen-bond acceptors (Lipinski definition) is 4. The van der Waals surface area contributed by atoms with Gasteiger partial charge in [-0.05, 0) is 40.5 Å². The lowest BCUT2D eigenvalue weighted by Crippen LogP contribution is -2.60. The molecule has 1 saturated carbocycles. The zero-order valence-electron chi connectivity index (χ0n) is 11.6. The van der Waals surface area contributed by atoms with Crippen LogP contribution in [-0.4, -0.2) is 52.6 Å². The minimum atomic E-state index is -0.772. The van der Waals surface area contributed by atoms with Crippen LogP contribution in [0.2, 0.25) is 0 Å². The third-order valence-electron chi connectivity index (χ3n) is 3.43. The van der Waals surface area contributed by atoms with Gasteiger partial charge in [0.2, 0.25) is 0 Å². The van der Waals surface area contributed by atoms with E-state index in [9.17, 15) is 9.90 Å². The van der Waals surface area contributed by atoms with Crippen LogP contribution in [0.1, 0.15) is 40.5 Å². The first-order valence-corrected chi connectivity index (χ1v) is 6.54. The first-order valence-electron chi connectivity index (χ1n) is 6.54. The van der Waals surface area contributed by atoms with Crippen molar-refractivity contribution in [3.8, 4) is 0 Å². The summed E-state index contributed by atoms with van der Waals surface area (Å²) in [5, 5.41) is 10.3. The molecule has 2 rings (SSSR count). The molecule has 1 aliphatic heterocycles. The Labute approximate surface area is 108 Å². The Morgan fingerprint density at radius 2 is 2.00 bits per heavy atom. The molecule has 1 heterocycles. The van der Waals surface area contributed by atoms with Gasteiger partial charge in [0.05, 0.1) is 30.9 Å². The molecule has 0 spiro atoms. The predicted octanol–water partition coefficient (Wildman–Crippen LogP) is 1.54. The molecule has 5 heteroatoms. The van der Waals surface area contributed by atoms with Crippen LogP contribution in [0.5, 0.6) is 0 Å². The van der Waals surface area contributed by atoms with Gasteiger partial charge in [0.1, 0.15) is 5.60 Å². The Balaban J connectivity index is 2.12. The molecule has 1 aliphatic carbocycles. The van der Waals surface area contributed by atoms with Gasteiger partial charge in [-0.25, -0.2) is 4.79 Å². The molecule has 104 valence electrons. The Morgan fingerprint density at radius 3 is 2.50 bits per heavy atom. The number of amides is 1. The molecule has 2 unspecified atom stereocenters. The number of morpholine rings is 1. The van der Waals surface area contributed by atoms with Crippen molar-refractivity contribution in [2.45, 2.75) is 63.8 Å². The van der Waals surface area contributed by atoms with E-state index >= 15 is 0 Å². The number of aliphatic hydroxyl groups is 1. The van der Waals surface area contributed by atoms with Crippen molar-refractivity contribution in [2.75, 3.05) is 13.2 Å². The highest BCUT2D eigenvalue weighted by atomic mass is 16.6. The monoisotopic (exact) mass is 257 g/mol. The fraction of sp³-hybridized carbons (Fsp3) is 0.923. The number of ether oxygens (including phenoxy) is 2. The van der Waals surface area contributed by atoms with Gasteiger partial charge in [-0.2, -0.15) is 0 Å². The van der Waals surface area contributed by atoms with Gasteiger partial charge in [0, 0.05) is 0 Å². The van der Waals surface area contributed by atoms with E-state index in [1.165, 1.54) is 0 Å². The van der Waals surface area contributed by atoms with Gasteiger partial charge in [0.15, 0.2) is 0 Å².